The molecule has 1 N–H and O–H groups in total. The monoisotopic (exact) mass is 330 g/mol. The molecular formula is C13H16BrFN2S. The van der Waals surface area contributed by atoms with Gasteiger partial charge < -0.3 is 9.55 Å². The van der Waals surface area contributed by atoms with Crippen LogP contribution in [0.15, 0.2) is 16.6 Å². The normalized spacial score (nSPS) is 13.1. The highest BCUT2D eigenvalue weighted by molar-refractivity contribution is 9.10. The molecule has 1 atom stereocenters. The molecule has 0 saturated heterocycles. The number of nitrogens with one attached hydrogen (secondary N) is 1. The van der Waals surface area contributed by atoms with Crippen molar-refractivity contribution in [1.29, 1.82) is 0 Å². The molecule has 0 amide bonds. The van der Waals surface area contributed by atoms with Crippen molar-refractivity contribution in [2.75, 3.05) is 0 Å². The van der Waals surface area contributed by atoms with E-state index < -0.39 is 0 Å². The van der Waals surface area contributed by atoms with Gasteiger partial charge in [0.2, 0.25) is 0 Å². The summed E-state index contributed by atoms with van der Waals surface area (Å²) >= 11 is 8.56. The standard InChI is InChI=1S/C13H16BrFN2S/c1-3-5-8(4-2)17-12-7-10(15)9(14)6-11(12)16-13(17)18/h6-8H,3-5H2,1-2H3,(H,16,18). The van der Waals surface area contributed by atoms with Gasteiger partial charge in [-0.3, -0.25) is 0 Å². The number of halogens is 2. The lowest BCUT2D eigenvalue weighted by atomic mass is 10.1. The lowest BCUT2D eigenvalue weighted by molar-refractivity contribution is 0.453. The van der Waals surface area contributed by atoms with Gasteiger partial charge in [-0.25, -0.2) is 4.39 Å². The van der Waals surface area contributed by atoms with Crippen LogP contribution >= 0.6 is 28.1 Å². The molecular weight excluding hydrogens is 315 g/mol. The van der Waals surface area contributed by atoms with Crippen LogP contribution in [0.1, 0.15) is 39.2 Å². The zero-order chi connectivity index (χ0) is 13.3. The van der Waals surface area contributed by atoms with Crippen molar-refractivity contribution < 1.29 is 4.39 Å². The zero-order valence-electron chi connectivity index (χ0n) is 10.5. The van der Waals surface area contributed by atoms with Crippen LogP contribution in [0, 0.1) is 10.6 Å². The van der Waals surface area contributed by atoms with Crippen LogP contribution in [-0.2, 0) is 0 Å². The highest BCUT2D eigenvalue weighted by Crippen LogP contribution is 2.28. The Bertz CT molecular complexity index is 617. The van der Waals surface area contributed by atoms with Gasteiger partial charge in [-0.15, -0.1) is 0 Å². The summed E-state index contributed by atoms with van der Waals surface area (Å²) in [6, 6.07) is 3.62. The number of aromatic nitrogens is 2. The predicted molar refractivity (Wildman–Crippen MR) is 79.0 cm³/mol. The highest BCUT2D eigenvalue weighted by Gasteiger charge is 2.14. The summed E-state index contributed by atoms with van der Waals surface area (Å²) in [5, 5.41) is 0. The fraction of sp³-hybridized carbons (Fsp3) is 0.462. The molecule has 1 aromatic carbocycles. The molecule has 1 aromatic heterocycles. The minimum atomic E-state index is -0.253. The van der Waals surface area contributed by atoms with E-state index in [4.69, 9.17) is 12.2 Å². The second kappa shape index (κ2) is 5.53. The van der Waals surface area contributed by atoms with E-state index in [0.29, 0.717) is 15.3 Å². The number of nitrogens with zero attached hydrogens (tertiary/aromatic N) is 1. The van der Waals surface area contributed by atoms with Crippen LogP contribution in [0.4, 0.5) is 4.39 Å². The van der Waals surface area contributed by atoms with Crippen molar-refractivity contribution in [2.45, 2.75) is 39.2 Å². The van der Waals surface area contributed by atoms with E-state index in [2.05, 4.69) is 34.8 Å². The molecule has 2 nitrogen and oxygen atoms in total. The van der Waals surface area contributed by atoms with Crippen LogP contribution < -0.4 is 0 Å². The molecule has 98 valence electrons. The van der Waals surface area contributed by atoms with Gasteiger partial charge in [-0.2, -0.15) is 0 Å². The van der Waals surface area contributed by atoms with Crippen LogP contribution in [0.5, 0.6) is 0 Å². The molecule has 0 aliphatic rings. The van der Waals surface area contributed by atoms with Gasteiger partial charge in [-0.05, 0) is 47.1 Å². The van der Waals surface area contributed by atoms with Gasteiger partial charge in [0.1, 0.15) is 5.82 Å². The molecule has 0 spiro atoms. The van der Waals surface area contributed by atoms with E-state index in [1.807, 2.05) is 4.57 Å². The number of hydrogen-bond donors (Lipinski definition) is 1. The third kappa shape index (κ3) is 2.38. The fourth-order valence-electron chi connectivity index (χ4n) is 2.33. The number of imidazole rings is 1. The van der Waals surface area contributed by atoms with Gasteiger partial charge in [0.05, 0.1) is 15.5 Å². The van der Waals surface area contributed by atoms with Crippen LogP contribution in [0.3, 0.4) is 0 Å². The largest absolute Gasteiger partial charge is 0.331 e. The molecule has 0 fully saturated rings. The predicted octanol–water partition coefficient (Wildman–Crippen LogP) is 5.35. The third-order valence-electron chi connectivity index (χ3n) is 3.22. The van der Waals surface area contributed by atoms with Gasteiger partial charge in [0.25, 0.3) is 0 Å². The number of H-pyrrole nitrogens is 1. The Morgan fingerprint density at radius 2 is 2.17 bits per heavy atom. The average molecular weight is 331 g/mol. The molecule has 0 saturated carbocycles. The molecule has 2 rings (SSSR count). The van der Waals surface area contributed by atoms with Crippen molar-refractivity contribution in [3.05, 3.63) is 27.2 Å². The molecule has 0 aliphatic heterocycles. The average Bonchev–Trinajstić information content (AvgIpc) is 2.63. The van der Waals surface area contributed by atoms with E-state index in [1.165, 1.54) is 0 Å². The Morgan fingerprint density at radius 3 is 2.78 bits per heavy atom. The van der Waals surface area contributed by atoms with E-state index in [1.54, 1.807) is 12.1 Å². The summed E-state index contributed by atoms with van der Waals surface area (Å²) < 4.78 is 16.9. The molecule has 5 heteroatoms. The number of hydrogen-bond acceptors (Lipinski definition) is 1. The van der Waals surface area contributed by atoms with Crippen molar-refractivity contribution >= 4 is 39.2 Å². The quantitative estimate of drug-likeness (QED) is 0.749. The minimum Gasteiger partial charge on any atom is -0.331 e. The van der Waals surface area contributed by atoms with Crippen LogP contribution in [0.2, 0.25) is 0 Å². The van der Waals surface area contributed by atoms with Gasteiger partial charge >= 0.3 is 0 Å². The maximum atomic E-state index is 13.7. The number of benzene rings is 1. The van der Waals surface area contributed by atoms with Gasteiger partial charge in [0, 0.05) is 12.1 Å². The molecule has 2 aromatic rings. The zero-order valence-corrected chi connectivity index (χ0v) is 12.9. The Morgan fingerprint density at radius 1 is 1.44 bits per heavy atom. The first-order valence-electron chi connectivity index (χ1n) is 6.17. The Hall–Kier alpha value is -0.680. The summed E-state index contributed by atoms with van der Waals surface area (Å²) in [6.07, 6.45) is 3.13. The molecule has 0 bridgehead atoms. The van der Waals surface area contributed by atoms with Crippen molar-refractivity contribution in [3.63, 3.8) is 0 Å². The third-order valence-corrected chi connectivity index (χ3v) is 4.12. The van der Waals surface area contributed by atoms with Crippen molar-refractivity contribution in [3.8, 4) is 0 Å². The first kappa shape index (κ1) is 13.7. The molecule has 0 aliphatic carbocycles. The maximum Gasteiger partial charge on any atom is 0.178 e. The number of aromatic amines is 1. The molecule has 1 heterocycles. The number of rotatable bonds is 4. The van der Waals surface area contributed by atoms with Crippen LogP contribution in [-0.4, -0.2) is 9.55 Å². The minimum absolute atomic E-state index is 0.253. The second-order valence-electron chi connectivity index (χ2n) is 4.43. The topological polar surface area (TPSA) is 20.7 Å². The summed E-state index contributed by atoms with van der Waals surface area (Å²) in [6.45, 7) is 4.29. The summed E-state index contributed by atoms with van der Waals surface area (Å²) in [7, 11) is 0. The van der Waals surface area contributed by atoms with E-state index in [9.17, 15) is 4.39 Å². The smallest absolute Gasteiger partial charge is 0.178 e. The molecule has 0 radical (unpaired) electrons. The summed E-state index contributed by atoms with van der Waals surface area (Å²) in [5.74, 6) is -0.253. The number of fused-ring (bicyclic) bond motifs is 1. The first-order valence-corrected chi connectivity index (χ1v) is 7.37. The summed E-state index contributed by atoms with van der Waals surface area (Å²) in [5.41, 5.74) is 1.73. The Labute approximate surface area is 119 Å². The highest BCUT2D eigenvalue weighted by atomic mass is 79.9. The molecule has 1 unspecified atom stereocenters. The van der Waals surface area contributed by atoms with Gasteiger partial charge in [0.15, 0.2) is 4.77 Å². The summed E-state index contributed by atoms with van der Waals surface area (Å²) in [4.78, 5) is 3.15. The first-order chi connectivity index (χ1) is 8.58. The Kier molecular flexibility index (Phi) is 4.22. The Balaban J connectivity index is 2.66. The van der Waals surface area contributed by atoms with Crippen LogP contribution in [0.25, 0.3) is 11.0 Å². The second-order valence-corrected chi connectivity index (χ2v) is 5.68. The van der Waals surface area contributed by atoms with E-state index in [0.717, 1.165) is 30.3 Å². The lowest BCUT2D eigenvalue weighted by Crippen LogP contribution is -2.07. The van der Waals surface area contributed by atoms with Gasteiger partial charge in [-0.1, -0.05) is 20.3 Å². The van der Waals surface area contributed by atoms with E-state index >= 15 is 0 Å². The molecule has 18 heavy (non-hydrogen) atoms. The van der Waals surface area contributed by atoms with Crippen molar-refractivity contribution in [2.24, 2.45) is 0 Å². The van der Waals surface area contributed by atoms with E-state index in [-0.39, 0.29) is 5.82 Å². The SMILES string of the molecule is CCCC(CC)n1c(=S)[nH]c2cc(Br)c(F)cc21. The van der Waals surface area contributed by atoms with Crippen molar-refractivity contribution in [1.82, 2.24) is 9.55 Å². The maximum absolute atomic E-state index is 13.7. The lowest BCUT2D eigenvalue weighted by Gasteiger charge is -2.17. The fourth-order valence-corrected chi connectivity index (χ4v) is 3.03.